The van der Waals surface area contributed by atoms with Crippen LogP contribution in [0.3, 0.4) is 0 Å². The van der Waals surface area contributed by atoms with Crippen molar-refractivity contribution in [3.8, 4) is 5.75 Å². The van der Waals surface area contributed by atoms with Crippen molar-refractivity contribution in [1.29, 1.82) is 0 Å². The number of aryl methyl sites for hydroxylation is 1. The van der Waals surface area contributed by atoms with E-state index in [1.165, 1.54) is 6.42 Å². The molecule has 0 amide bonds. The summed E-state index contributed by atoms with van der Waals surface area (Å²) in [7, 11) is 4.21. The van der Waals surface area contributed by atoms with Crippen molar-refractivity contribution in [1.82, 2.24) is 14.5 Å². The van der Waals surface area contributed by atoms with E-state index in [0.29, 0.717) is 0 Å². The smallest absolute Gasteiger partial charge is 0.178 e. The van der Waals surface area contributed by atoms with Crippen LogP contribution in [0.2, 0.25) is 0 Å². The molecule has 0 atom stereocenters. The van der Waals surface area contributed by atoms with E-state index < -0.39 is 0 Å². The highest BCUT2D eigenvalue weighted by atomic mass is 32.1. The normalized spacial score (nSPS) is 11.4. The quantitative estimate of drug-likeness (QED) is 0.594. The second-order valence-electron chi connectivity index (χ2n) is 5.59. The highest BCUT2D eigenvalue weighted by Crippen LogP contribution is 2.25. The van der Waals surface area contributed by atoms with Gasteiger partial charge in [-0.2, -0.15) is 0 Å². The fourth-order valence-corrected chi connectivity index (χ4v) is 2.70. The molecule has 1 N–H and O–H groups in total. The average Bonchev–Trinajstić information content (AvgIpc) is 2.77. The van der Waals surface area contributed by atoms with Gasteiger partial charge in [0.25, 0.3) is 0 Å². The number of ether oxygens (including phenoxy) is 1. The Morgan fingerprint density at radius 1 is 1.29 bits per heavy atom. The first-order chi connectivity index (χ1) is 10.1. The van der Waals surface area contributed by atoms with Gasteiger partial charge in [0.05, 0.1) is 12.1 Å². The SMILES string of the molecule is CCCOc1cccc2c1[nH]c(=S)n2CCCCN(C)C. The molecule has 0 saturated heterocycles. The van der Waals surface area contributed by atoms with Gasteiger partial charge in [-0.1, -0.05) is 13.0 Å². The molecule has 0 unspecified atom stereocenters. The molecule has 2 rings (SSSR count). The summed E-state index contributed by atoms with van der Waals surface area (Å²) in [4.78, 5) is 5.51. The topological polar surface area (TPSA) is 33.2 Å². The van der Waals surface area contributed by atoms with Crippen molar-refractivity contribution in [2.45, 2.75) is 32.7 Å². The number of nitrogens with zero attached hydrogens (tertiary/aromatic N) is 2. The van der Waals surface area contributed by atoms with Gasteiger partial charge in [0, 0.05) is 6.54 Å². The lowest BCUT2D eigenvalue weighted by atomic mass is 10.2. The van der Waals surface area contributed by atoms with Crippen molar-refractivity contribution in [2.24, 2.45) is 0 Å². The first kappa shape index (κ1) is 16.0. The molecule has 5 heteroatoms. The summed E-state index contributed by atoms with van der Waals surface area (Å²) in [5.74, 6) is 0.896. The van der Waals surface area contributed by atoms with Gasteiger partial charge in [-0.15, -0.1) is 0 Å². The van der Waals surface area contributed by atoms with E-state index in [4.69, 9.17) is 17.0 Å². The summed E-state index contributed by atoms with van der Waals surface area (Å²) in [6.45, 7) is 4.90. The van der Waals surface area contributed by atoms with Crippen LogP contribution in [0.1, 0.15) is 26.2 Å². The number of aromatic amines is 1. The lowest BCUT2D eigenvalue weighted by Gasteiger charge is -2.10. The van der Waals surface area contributed by atoms with Crippen molar-refractivity contribution >= 4 is 23.3 Å². The van der Waals surface area contributed by atoms with Crippen LogP contribution in [0.4, 0.5) is 0 Å². The molecule has 0 saturated carbocycles. The zero-order chi connectivity index (χ0) is 15.2. The molecule has 1 heterocycles. The third kappa shape index (κ3) is 4.08. The number of imidazole rings is 1. The Balaban J connectivity index is 2.16. The second kappa shape index (κ2) is 7.61. The summed E-state index contributed by atoms with van der Waals surface area (Å²) >= 11 is 5.47. The van der Waals surface area contributed by atoms with Crippen LogP contribution < -0.4 is 4.74 Å². The third-order valence-electron chi connectivity index (χ3n) is 3.47. The van der Waals surface area contributed by atoms with Crippen LogP contribution in [0, 0.1) is 4.77 Å². The Kier molecular flexibility index (Phi) is 5.82. The molecule has 0 aliphatic rings. The van der Waals surface area contributed by atoms with Gasteiger partial charge in [-0.3, -0.25) is 0 Å². The number of nitrogens with one attached hydrogen (secondary N) is 1. The van der Waals surface area contributed by atoms with Crippen molar-refractivity contribution in [2.75, 3.05) is 27.2 Å². The molecule has 116 valence electrons. The Morgan fingerprint density at radius 2 is 2.10 bits per heavy atom. The molecule has 0 aliphatic heterocycles. The Labute approximate surface area is 131 Å². The van der Waals surface area contributed by atoms with E-state index in [0.717, 1.165) is 54.1 Å². The van der Waals surface area contributed by atoms with E-state index in [1.807, 2.05) is 12.1 Å². The molecule has 21 heavy (non-hydrogen) atoms. The summed E-state index contributed by atoms with van der Waals surface area (Å²) in [5, 5.41) is 0. The van der Waals surface area contributed by atoms with Crippen LogP contribution in [0.5, 0.6) is 5.75 Å². The van der Waals surface area contributed by atoms with Gasteiger partial charge < -0.3 is 19.2 Å². The van der Waals surface area contributed by atoms with Crippen molar-refractivity contribution in [3.05, 3.63) is 23.0 Å². The van der Waals surface area contributed by atoms with Gasteiger partial charge in [-0.25, -0.2) is 0 Å². The number of H-pyrrole nitrogens is 1. The minimum atomic E-state index is 0.730. The van der Waals surface area contributed by atoms with Gasteiger partial charge in [0.1, 0.15) is 11.3 Å². The monoisotopic (exact) mass is 307 g/mol. The maximum Gasteiger partial charge on any atom is 0.178 e. The maximum absolute atomic E-state index is 5.80. The van der Waals surface area contributed by atoms with E-state index in [2.05, 4.69) is 41.5 Å². The fourth-order valence-electron chi connectivity index (χ4n) is 2.41. The summed E-state index contributed by atoms with van der Waals surface area (Å²) in [6.07, 6.45) is 3.30. The first-order valence-electron chi connectivity index (χ1n) is 7.62. The van der Waals surface area contributed by atoms with E-state index in [1.54, 1.807) is 0 Å². The molecule has 0 bridgehead atoms. The number of para-hydroxylation sites is 1. The van der Waals surface area contributed by atoms with E-state index >= 15 is 0 Å². The maximum atomic E-state index is 5.80. The molecule has 0 spiro atoms. The summed E-state index contributed by atoms with van der Waals surface area (Å²) < 4.78 is 8.76. The van der Waals surface area contributed by atoms with Gasteiger partial charge >= 0.3 is 0 Å². The fraction of sp³-hybridized carbons (Fsp3) is 0.562. The molecule has 4 nitrogen and oxygen atoms in total. The van der Waals surface area contributed by atoms with Crippen LogP contribution >= 0.6 is 12.2 Å². The molecule has 2 aromatic rings. The van der Waals surface area contributed by atoms with Crippen molar-refractivity contribution in [3.63, 3.8) is 0 Å². The lowest BCUT2D eigenvalue weighted by Crippen LogP contribution is -2.13. The van der Waals surface area contributed by atoms with Crippen LogP contribution in [0.25, 0.3) is 11.0 Å². The predicted octanol–water partition coefficient (Wildman–Crippen LogP) is 3.83. The number of benzene rings is 1. The highest BCUT2D eigenvalue weighted by molar-refractivity contribution is 7.71. The zero-order valence-electron chi connectivity index (χ0n) is 13.2. The van der Waals surface area contributed by atoms with E-state index in [-0.39, 0.29) is 0 Å². The second-order valence-corrected chi connectivity index (χ2v) is 5.98. The molecule has 1 aromatic heterocycles. The Hall–Kier alpha value is -1.33. The molecule has 0 aliphatic carbocycles. The Bertz CT molecular complexity index is 630. The minimum Gasteiger partial charge on any atom is -0.491 e. The predicted molar refractivity (Wildman–Crippen MR) is 90.7 cm³/mol. The lowest BCUT2D eigenvalue weighted by molar-refractivity contribution is 0.320. The third-order valence-corrected chi connectivity index (χ3v) is 3.79. The zero-order valence-corrected chi connectivity index (χ0v) is 14.0. The minimum absolute atomic E-state index is 0.730. The van der Waals surface area contributed by atoms with Crippen LogP contribution in [-0.4, -0.2) is 41.7 Å². The number of hydrogen-bond donors (Lipinski definition) is 1. The average molecular weight is 307 g/mol. The summed E-state index contributed by atoms with van der Waals surface area (Å²) in [5.41, 5.74) is 2.15. The molecule has 1 aromatic carbocycles. The number of fused-ring (bicyclic) bond motifs is 1. The van der Waals surface area contributed by atoms with Crippen LogP contribution in [-0.2, 0) is 6.54 Å². The molecule has 0 radical (unpaired) electrons. The number of hydrogen-bond acceptors (Lipinski definition) is 3. The van der Waals surface area contributed by atoms with Crippen molar-refractivity contribution < 1.29 is 4.74 Å². The summed E-state index contributed by atoms with van der Waals surface area (Å²) in [6, 6.07) is 6.14. The standard InChI is InChI=1S/C16H25N3OS/c1-4-12-20-14-9-7-8-13-15(14)17-16(21)19(13)11-6-5-10-18(2)3/h7-9H,4-6,10-12H2,1-3H3,(H,17,21). The number of rotatable bonds is 8. The van der Waals surface area contributed by atoms with E-state index in [9.17, 15) is 0 Å². The van der Waals surface area contributed by atoms with Gasteiger partial charge in [0.15, 0.2) is 4.77 Å². The Morgan fingerprint density at radius 3 is 2.81 bits per heavy atom. The largest absolute Gasteiger partial charge is 0.491 e. The first-order valence-corrected chi connectivity index (χ1v) is 8.03. The molecule has 0 fully saturated rings. The van der Waals surface area contributed by atoms with Crippen LogP contribution in [0.15, 0.2) is 18.2 Å². The number of aromatic nitrogens is 2. The highest BCUT2D eigenvalue weighted by Gasteiger charge is 2.09. The number of unbranched alkanes of at least 4 members (excludes halogenated alkanes) is 1. The molecular formula is C16H25N3OS. The van der Waals surface area contributed by atoms with Gasteiger partial charge in [0.2, 0.25) is 0 Å². The molecular weight excluding hydrogens is 282 g/mol. The van der Waals surface area contributed by atoms with Gasteiger partial charge in [-0.05, 0) is 64.3 Å².